The molecule has 1 N–H and O–H groups in total. The molecule has 1 heterocycles. The molecular formula is C8H14N2OS2. The van der Waals surface area contributed by atoms with Gasteiger partial charge in [-0.1, -0.05) is 25.6 Å². The van der Waals surface area contributed by atoms with Crippen LogP contribution in [-0.2, 0) is 0 Å². The second-order valence-electron chi connectivity index (χ2n) is 3.51. The van der Waals surface area contributed by atoms with Crippen LogP contribution in [0.25, 0.3) is 0 Å². The minimum absolute atomic E-state index is 0.257. The number of rotatable bonds is 4. The van der Waals surface area contributed by atoms with Crippen LogP contribution in [0.1, 0.15) is 20.8 Å². The summed E-state index contributed by atoms with van der Waals surface area (Å²) in [5.41, 5.74) is -0.629. The van der Waals surface area contributed by atoms with Crippen molar-refractivity contribution >= 4 is 23.3 Å². The quantitative estimate of drug-likeness (QED) is 0.786. The molecule has 3 nitrogen and oxygen atoms in total. The van der Waals surface area contributed by atoms with E-state index in [0.717, 1.165) is 4.34 Å². The first-order valence-electron chi connectivity index (χ1n) is 4.14. The Morgan fingerprint density at radius 2 is 2.38 bits per heavy atom. The van der Waals surface area contributed by atoms with Gasteiger partial charge in [0.25, 0.3) is 0 Å². The maximum Gasteiger partial charge on any atom is 0.169 e. The normalized spacial score (nSPS) is 16.1. The molecule has 0 spiro atoms. The molecule has 0 aliphatic carbocycles. The van der Waals surface area contributed by atoms with Gasteiger partial charge in [-0.3, -0.25) is 0 Å². The summed E-state index contributed by atoms with van der Waals surface area (Å²) in [6, 6.07) is 0. The Balaban J connectivity index is 2.42. The molecule has 1 aromatic rings. The van der Waals surface area contributed by atoms with Crippen LogP contribution in [-0.4, -0.2) is 25.8 Å². The van der Waals surface area contributed by atoms with Gasteiger partial charge >= 0.3 is 0 Å². The van der Waals surface area contributed by atoms with Gasteiger partial charge in [0, 0.05) is 5.75 Å². The Hall–Kier alpha value is -0.130. The predicted molar refractivity (Wildman–Crippen MR) is 56.1 cm³/mol. The van der Waals surface area contributed by atoms with Gasteiger partial charge in [-0.15, -0.1) is 0 Å². The van der Waals surface area contributed by atoms with E-state index in [1.807, 2.05) is 20.8 Å². The van der Waals surface area contributed by atoms with E-state index < -0.39 is 5.60 Å². The molecule has 0 aliphatic heterocycles. The van der Waals surface area contributed by atoms with Crippen molar-refractivity contribution in [2.75, 3.05) is 5.75 Å². The number of aliphatic hydroxyl groups is 1. The fourth-order valence-corrected chi connectivity index (χ4v) is 2.27. The van der Waals surface area contributed by atoms with Crippen LogP contribution in [0.4, 0.5) is 0 Å². The largest absolute Gasteiger partial charge is 0.389 e. The van der Waals surface area contributed by atoms with Crippen molar-refractivity contribution in [1.29, 1.82) is 0 Å². The summed E-state index contributed by atoms with van der Waals surface area (Å²) < 4.78 is 4.81. The van der Waals surface area contributed by atoms with Gasteiger partial charge in [-0.2, -0.15) is 4.37 Å². The summed E-state index contributed by atoms with van der Waals surface area (Å²) in [7, 11) is 0. The predicted octanol–water partition coefficient (Wildman–Crippen LogP) is 2.04. The highest BCUT2D eigenvalue weighted by molar-refractivity contribution is 8.01. The third kappa shape index (κ3) is 3.25. The maximum absolute atomic E-state index is 9.93. The molecule has 1 atom stereocenters. The summed E-state index contributed by atoms with van der Waals surface area (Å²) in [6.07, 6.45) is 1.54. The highest BCUT2D eigenvalue weighted by Gasteiger charge is 2.25. The average Bonchev–Trinajstić information content (AvgIpc) is 2.52. The van der Waals surface area contributed by atoms with Gasteiger partial charge in [0.1, 0.15) is 6.33 Å². The summed E-state index contributed by atoms with van der Waals surface area (Å²) in [5, 5.41) is 9.93. The first-order chi connectivity index (χ1) is 6.02. The molecule has 0 radical (unpaired) electrons. The summed E-state index contributed by atoms with van der Waals surface area (Å²) in [6.45, 7) is 5.88. The highest BCUT2D eigenvalue weighted by atomic mass is 32.2. The minimum Gasteiger partial charge on any atom is -0.389 e. The van der Waals surface area contributed by atoms with Crippen molar-refractivity contribution in [1.82, 2.24) is 9.36 Å². The minimum atomic E-state index is -0.629. The Morgan fingerprint density at radius 1 is 1.69 bits per heavy atom. The molecule has 0 saturated heterocycles. The zero-order chi connectivity index (χ0) is 9.90. The van der Waals surface area contributed by atoms with E-state index in [9.17, 15) is 5.11 Å². The molecule has 1 rings (SSSR count). The zero-order valence-electron chi connectivity index (χ0n) is 8.02. The molecule has 74 valence electrons. The lowest BCUT2D eigenvalue weighted by atomic mass is 9.95. The standard InChI is InChI=1S/C8H14N2OS2/c1-6(2)8(3,11)4-12-7-9-5-10-13-7/h5-6,11H,4H2,1-3H3. The van der Waals surface area contributed by atoms with Gasteiger partial charge < -0.3 is 5.11 Å². The van der Waals surface area contributed by atoms with Crippen molar-refractivity contribution in [2.45, 2.75) is 30.7 Å². The van der Waals surface area contributed by atoms with Gasteiger partial charge in [0.2, 0.25) is 0 Å². The van der Waals surface area contributed by atoms with Crippen molar-refractivity contribution in [3.05, 3.63) is 6.33 Å². The van der Waals surface area contributed by atoms with E-state index in [0.29, 0.717) is 5.75 Å². The topological polar surface area (TPSA) is 46.0 Å². The van der Waals surface area contributed by atoms with E-state index >= 15 is 0 Å². The summed E-state index contributed by atoms with van der Waals surface area (Å²) in [5.74, 6) is 0.924. The lowest BCUT2D eigenvalue weighted by Crippen LogP contribution is -2.33. The number of aromatic nitrogens is 2. The van der Waals surface area contributed by atoms with Gasteiger partial charge in [0.05, 0.1) is 5.60 Å². The van der Waals surface area contributed by atoms with Gasteiger partial charge in [-0.05, 0) is 24.4 Å². The van der Waals surface area contributed by atoms with Crippen LogP contribution in [0.15, 0.2) is 10.7 Å². The highest BCUT2D eigenvalue weighted by Crippen LogP contribution is 2.27. The van der Waals surface area contributed by atoms with Crippen molar-refractivity contribution in [3.8, 4) is 0 Å². The van der Waals surface area contributed by atoms with E-state index in [4.69, 9.17) is 0 Å². The van der Waals surface area contributed by atoms with Crippen LogP contribution in [0.2, 0.25) is 0 Å². The molecule has 0 bridgehead atoms. The Labute approximate surface area is 86.8 Å². The summed E-state index contributed by atoms with van der Waals surface area (Å²) >= 11 is 2.92. The summed E-state index contributed by atoms with van der Waals surface area (Å²) in [4.78, 5) is 4.04. The van der Waals surface area contributed by atoms with Crippen molar-refractivity contribution in [2.24, 2.45) is 5.92 Å². The second kappa shape index (κ2) is 4.39. The SMILES string of the molecule is CC(C)C(C)(O)CSc1ncns1. The van der Waals surface area contributed by atoms with Crippen LogP contribution >= 0.6 is 23.3 Å². The molecule has 5 heteroatoms. The zero-order valence-corrected chi connectivity index (χ0v) is 9.65. The van der Waals surface area contributed by atoms with Crippen LogP contribution in [0.3, 0.4) is 0 Å². The average molecular weight is 218 g/mol. The van der Waals surface area contributed by atoms with E-state index in [-0.39, 0.29) is 5.92 Å². The van der Waals surface area contributed by atoms with Crippen LogP contribution in [0.5, 0.6) is 0 Å². The fourth-order valence-electron chi connectivity index (χ4n) is 0.601. The van der Waals surface area contributed by atoms with E-state index in [2.05, 4.69) is 9.36 Å². The lowest BCUT2D eigenvalue weighted by Gasteiger charge is -2.26. The maximum atomic E-state index is 9.93. The van der Waals surface area contributed by atoms with Gasteiger partial charge in [0.15, 0.2) is 4.34 Å². The fraction of sp³-hybridized carbons (Fsp3) is 0.750. The van der Waals surface area contributed by atoms with Crippen LogP contribution < -0.4 is 0 Å². The Bertz CT molecular complexity index is 247. The number of thioether (sulfide) groups is 1. The molecule has 1 unspecified atom stereocenters. The Kier molecular flexibility index (Phi) is 3.70. The molecule has 0 amide bonds. The van der Waals surface area contributed by atoms with Crippen molar-refractivity contribution in [3.63, 3.8) is 0 Å². The second-order valence-corrected chi connectivity index (χ2v) is 5.51. The number of hydrogen-bond acceptors (Lipinski definition) is 5. The molecule has 1 aromatic heterocycles. The first-order valence-corrected chi connectivity index (χ1v) is 5.90. The van der Waals surface area contributed by atoms with Crippen LogP contribution in [0, 0.1) is 5.92 Å². The van der Waals surface area contributed by atoms with Gasteiger partial charge in [-0.25, -0.2) is 4.98 Å². The molecule has 0 fully saturated rings. The number of hydrogen-bond donors (Lipinski definition) is 1. The number of nitrogens with zero attached hydrogens (tertiary/aromatic N) is 2. The van der Waals surface area contributed by atoms with E-state index in [1.165, 1.54) is 17.9 Å². The lowest BCUT2D eigenvalue weighted by molar-refractivity contribution is 0.0376. The molecule has 0 aliphatic rings. The molecule has 0 aromatic carbocycles. The van der Waals surface area contributed by atoms with E-state index in [1.54, 1.807) is 11.8 Å². The monoisotopic (exact) mass is 218 g/mol. The third-order valence-corrected chi connectivity index (χ3v) is 4.19. The third-order valence-electron chi connectivity index (χ3n) is 2.07. The Morgan fingerprint density at radius 3 is 2.85 bits per heavy atom. The first kappa shape index (κ1) is 10.9. The molecule has 13 heavy (non-hydrogen) atoms. The molecular weight excluding hydrogens is 204 g/mol. The van der Waals surface area contributed by atoms with Crippen molar-refractivity contribution < 1.29 is 5.11 Å². The molecule has 0 saturated carbocycles. The smallest absolute Gasteiger partial charge is 0.169 e.